The molecule has 1 aliphatic rings. The van der Waals surface area contributed by atoms with Crippen LogP contribution in [0.2, 0.25) is 0 Å². The van der Waals surface area contributed by atoms with Gasteiger partial charge in [-0.1, -0.05) is 12.8 Å². The molecule has 0 amide bonds. The summed E-state index contributed by atoms with van der Waals surface area (Å²) in [5.41, 5.74) is 7.92. The Morgan fingerprint density at radius 2 is 2.05 bits per heavy atom. The highest BCUT2D eigenvalue weighted by molar-refractivity contribution is 5.96. The Balaban J connectivity index is 2.26. The van der Waals surface area contributed by atoms with Crippen molar-refractivity contribution in [3.05, 3.63) is 23.8 Å². The number of carbonyl (C=O) groups is 1. The molecule has 0 spiro atoms. The van der Waals surface area contributed by atoms with Crippen molar-refractivity contribution in [1.82, 2.24) is 0 Å². The molecule has 0 radical (unpaired) electrons. The lowest BCUT2D eigenvalue weighted by atomic mass is 10.1. The molecule has 1 aromatic rings. The second kappa shape index (κ2) is 6.64. The minimum absolute atomic E-state index is 0.339. The molecule has 110 valence electrons. The lowest BCUT2D eigenvalue weighted by Crippen LogP contribution is -2.33. The fourth-order valence-corrected chi connectivity index (χ4v) is 2.98. The van der Waals surface area contributed by atoms with Gasteiger partial charge in [-0.05, 0) is 44.9 Å². The van der Waals surface area contributed by atoms with Crippen LogP contribution in [-0.2, 0) is 4.74 Å². The van der Waals surface area contributed by atoms with E-state index in [0.29, 0.717) is 23.9 Å². The molecule has 0 atom stereocenters. The molecule has 0 aromatic heterocycles. The van der Waals surface area contributed by atoms with E-state index in [1.54, 1.807) is 13.0 Å². The van der Waals surface area contributed by atoms with Crippen LogP contribution in [0.4, 0.5) is 11.4 Å². The van der Waals surface area contributed by atoms with Crippen molar-refractivity contribution in [3.8, 4) is 0 Å². The number of carbonyl (C=O) groups excluding carboxylic acids is 1. The summed E-state index contributed by atoms with van der Waals surface area (Å²) >= 11 is 0. The molecule has 4 heteroatoms. The van der Waals surface area contributed by atoms with Gasteiger partial charge in [-0.15, -0.1) is 0 Å². The van der Waals surface area contributed by atoms with Crippen molar-refractivity contribution in [3.63, 3.8) is 0 Å². The normalized spacial score (nSPS) is 15.3. The maximum absolute atomic E-state index is 11.9. The summed E-state index contributed by atoms with van der Waals surface area (Å²) in [5.74, 6) is -0.339. The number of nitrogens with zero attached hydrogens (tertiary/aromatic N) is 1. The summed E-state index contributed by atoms with van der Waals surface area (Å²) in [6.45, 7) is 5.26. The second-order valence-electron chi connectivity index (χ2n) is 5.22. The van der Waals surface area contributed by atoms with E-state index in [1.807, 2.05) is 12.1 Å². The van der Waals surface area contributed by atoms with Crippen LogP contribution in [0.25, 0.3) is 0 Å². The van der Waals surface area contributed by atoms with Gasteiger partial charge in [0.2, 0.25) is 0 Å². The highest BCUT2D eigenvalue weighted by atomic mass is 16.5. The summed E-state index contributed by atoms with van der Waals surface area (Å²) in [4.78, 5) is 14.3. The fraction of sp³-hybridized carbons (Fsp3) is 0.562. The van der Waals surface area contributed by atoms with E-state index in [9.17, 15) is 4.79 Å². The monoisotopic (exact) mass is 276 g/mol. The Kier molecular flexibility index (Phi) is 4.88. The maximum Gasteiger partial charge on any atom is 0.340 e. The van der Waals surface area contributed by atoms with Crippen LogP contribution in [0.15, 0.2) is 18.2 Å². The summed E-state index contributed by atoms with van der Waals surface area (Å²) in [7, 11) is 0. The first-order valence-electron chi connectivity index (χ1n) is 7.50. The van der Waals surface area contributed by atoms with Gasteiger partial charge in [0.25, 0.3) is 0 Å². The zero-order chi connectivity index (χ0) is 14.5. The third-order valence-corrected chi connectivity index (χ3v) is 3.97. The summed E-state index contributed by atoms with van der Waals surface area (Å²) in [5, 5.41) is 0. The standard InChI is InChI=1S/C16H24N2O2/c1-3-18(12-7-5-6-8-12)13-9-10-15(17)14(11-13)16(19)20-4-2/h9-12H,3-8,17H2,1-2H3. The molecular formula is C16H24N2O2. The van der Waals surface area contributed by atoms with Crippen LogP contribution in [0.5, 0.6) is 0 Å². The summed E-state index contributed by atoms with van der Waals surface area (Å²) < 4.78 is 5.07. The third-order valence-electron chi connectivity index (χ3n) is 3.97. The van der Waals surface area contributed by atoms with Gasteiger partial charge < -0.3 is 15.4 Å². The van der Waals surface area contributed by atoms with Crippen LogP contribution >= 0.6 is 0 Å². The first-order valence-corrected chi connectivity index (χ1v) is 7.50. The SMILES string of the molecule is CCOC(=O)c1cc(N(CC)C2CCCC2)ccc1N. The highest BCUT2D eigenvalue weighted by Crippen LogP contribution is 2.30. The summed E-state index contributed by atoms with van der Waals surface area (Å²) in [6, 6.07) is 6.26. The van der Waals surface area contributed by atoms with Crippen LogP contribution < -0.4 is 10.6 Å². The van der Waals surface area contributed by atoms with Crippen LogP contribution in [-0.4, -0.2) is 25.2 Å². The van der Waals surface area contributed by atoms with E-state index in [0.717, 1.165) is 12.2 Å². The van der Waals surface area contributed by atoms with E-state index in [1.165, 1.54) is 25.7 Å². The average Bonchev–Trinajstić information content (AvgIpc) is 2.95. The predicted molar refractivity (Wildman–Crippen MR) is 82.1 cm³/mol. The molecule has 0 bridgehead atoms. The molecule has 2 rings (SSSR count). The molecule has 0 aliphatic heterocycles. The molecule has 1 aromatic carbocycles. The van der Waals surface area contributed by atoms with Crippen molar-refractivity contribution in [1.29, 1.82) is 0 Å². The van der Waals surface area contributed by atoms with Gasteiger partial charge in [-0.25, -0.2) is 4.79 Å². The van der Waals surface area contributed by atoms with Gasteiger partial charge in [0.15, 0.2) is 0 Å². The Labute approximate surface area is 120 Å². The number of nitrogens with two attached hydrogens (primary N) is 1. The second-order valence-corrected chi connectivity index (χ2v) is 5.22. The zero-order valence-electron chi connectivity index (χ0n) is 12.4. The topological polar surface area (TPSA) is 55.6 Å². The van der Waals surface area contributed by atoms with Gasteiger partial charge in [0, 0.05) is 24.0 Å². The van der Waals surface area contributed by atoms with Crippen molar-refractivity contribution in [2.45, 2.75) is 45.6 Å². The van der Waals surface area contributed by atoms with E-state index in [-0.39, 0.29) is 5.97 Å². The van der Waals surface area contributed by atoms with Crippen LogP contribution in [0.1, 0.15) is 49.9 Å². The fourth-order valence-electron chi connectivity index (χ4n) is 2.98. The van der Waals surface area contributed by atoms with Crippen molar-refractivity contribution >= 4 is 17.3 Å². The molecule has 0 heterocycles. The molecule has 1 aliphatic carbocycles. The smallest absolute Gasteiger partial charge is 0.340 e. The highest BCUT2D eigenvalue weighted by Gasteiger charge is 2.23. The number of rotatable bonds is 5. The number of nitrogen functional groups attached to an aromatic ring is 1. The lowest BCUT2D eigenvalue weighted by Gasteiger charge is -2.30. The third kappa shape index (κ3) is 3.06. The molecule has 2 N–H and O–H groups in total. The lowest BCUT2D eigenvalue weighted by molar-refractivity contribution is 0.0527. The quantitative estimate of drug-likeness (QED) is 0.662. The average molecular weight is 276 g/mol. The Bertz CT molecular complexity index is 468. The maximum atomic E-state index is 11.9. The molecule has 0 unspecified atom stereocenters. The zero-order valence-corrected chi connectivity index (χ0v) is 12.4. The van der Waals surface area contributed by atoms with Crippen molar-refractivity contribution in [2.75, 3.05) is 23.8 Å². The number of hydrogen-bond acceptors (Lipinski definition) is 4. The molecular weight excluding hydrogens is 252 g/mol. The molecule has 1 saturated carbocycles. The van der Waals surface area contributed by atoms with Gasteiger partial charge in [0.1, 0.15) is 0 Å². The Morgan fingerprint density at radius 1 is 1.35 bits per heavy atom. The van der Waals surface area contributed by atoms with Gasteiger partial charge in [-0.3, -0.25) is 0 Å². The van der Waals surface area contributed by atoms with Crippen LogP contribution in [0.3, 0.4) is 0 Å². The summed E-state index contributed by atoms with van der Waals surface area (Å²) in [6.07, 6.45) is 5.04. The molecule has 1 fully saturated rings. The minimum atomic E-state index is -0.339. The molecule has 0 saturated heterocycles. The number of hydrogen-bond donors (Lipinski definition) is 1. The largest absolute Gasteiger partial charge is 0.462 e. The molecule has 4 nitrogen and oxygen atoms in total. The van der Waals surface area contributed by atoms with E-state index in [2.05, 4.69) is 11.8 Å². The first-order chi connectivity index (χ1) is 9.67. The van der Waals surface area contributed by atoms with E-state index < -0.39 is 0 Å². The van der Waals surface area contributed by atoms with Gasteiger partial charge in [-0.2, -0.15) is 0 Å². The number of esters is 1. The number of ether oxygens (including phenoxy) is 1. The van der Waals surface area contributed by atoms with E-state index >= 15 is 0 Å². The number of anilines is 2. The van der Waals surface area contributed by atoms with Crippen molar-refractivity contribution in [2.24, 2.45) is 0 Å². The van der Waals surface area contributed by atoms with Gasteiger partial charge in [0.05, 0.1) is 12.2 Å². The van der Waals surface area contributed by atoms with Crippen LogP contribution in [0, 0.1) is 0 Å². The van der Waals surface area contributed by atoms with E-state index in [4.69, 9.17) is 10.5 Å². The molecule has 20 heavy (non-hydrogen) atoms. The predicted octanol–water partition coefficient (Wildman–Crippen LogP) is 3.21. The Morgan fingerprint density at radius 3 is 2.65 bits per heavy atom. The minimum Gasteiger partial charge on any atom is -0.462 e. The number of benzene rings is 1. The van der Waals surface area contributed by atoms with Crippen molar-refractivity contribution < 1.29 is 9.53 Å². The first kappa shape index (κ1) is 14.7. The Hall–Kier alpha value is -1.71. The van der Waals surface area contributed by atoms with Gasteiger partial charge >= 0.3 is 5.97 Å².